The van der Waals surface area contributed by atoms with Crippen LogP contribution in [0, 0.1) is 5.92 Å². The van der Waals surface area contributed by atoms with E-state index in [4.69, 9.17) is 4.74 Å². The molecule has 3 rings (SSSR count). The molecule has 3 nitrogen and oxygen atoms in total. The number of aromatic hydroxyl groups is 1. The summed E-state index contributed by atoms with van der Waals surface area (Å²) in [6.07, 6.45) is 5.06. The quantitative estimate of drug-likeness (QED) is 0.879. The summed E-state index contributed by atoms with van der Waals surface area (Å²) < 4.78 is 5.61. The number of hydrogen-bond donors (Lipinski definition) is 2. The molecule has 3 heteroatoms. The molecule has 1 aromatic carbocycles. The van der Waals surface area contributed by atoms with E-state index in [1.807, 2.05) is 6.07 Å². The van der Waals surface area contributed by atoms with Crippen molar-refractivity contribution in [3.05, 3.63) is 29.3 Å². The van der Waals surface area contributed by atoms with Crippen molar-refractivity contribution < 1.29 is 9.84 Å². The zero-order valence-electron chi connectivity index (χ0n) is 11.6. The van der Waals surface area contributed by atoms with Gasteiger partial charge in [0.1, 0.15) is 5.75 Å². The normalized spacial score (nSPS) is 30.3. The third-order valence-electron chi connectivity index (χ3n) is 4.60. The van der Waals surface area contributed by atoms with Crippen LogP contribution < -0.4 is 5.32 Å². The molecule has 3 atom stereocenters. The van der Waals surface area contributed by atoms with Gasteiger partial charge < -0.3 is 15.2 Å². The van der Waals surface area contributed by atoms with E-state index in [9.17, 15) is 5.11 Å². The van der Waals surface area contributed by atoms with E-state index in [0.29, 0.717) is 23.8 Å². The van der Waals surface area contributed by atoms with Crippen LogP contribution >= 0.6 is 0 Å². The van der Waals surface area contributed by atoms with Crippen molar-refractivity contribution in [3.8, 4) is 5.75 Å². The van der Waals surface area contributed by atoms with E-state index in [2.05, 4.69) is 18.3 Å². The number of fused-ring (bicyclic) bond motifs is 1. The maximum absolute atomic E-state index is 9.68. The smallest absolute Gasteiger partial charge is 0.115 e. The standard InChI is InChI=1S/C16H23NO2/c1-11-13(7-8-19-11)10-17-16-4-2-3-12-5-6-14(18)9-15(12)16/h5-6,9,11,13,16-18H,2-4,7-8,10H2,1H3. The maximum Gasteiger partial charge on any atom is 0.115 e. The molecule has 0 radical (unpaired) electrons. The SMILES string of the molecule is CC1OCCC1CNC1CCCc2ccc(O)cc21. The molecular weight excluding hydrogens is 238 g/mol. The second-order valence-corrected chi connectivity index (χ2v) is 5.86. The van der Waals surface area contributed by atoms with Crippen molar-refractivity contribution in [2.75, 3.05) is 13.2 Å². The first-order valence-corrected chi connectivity index (χ1v) is 7.41. The number of aryl methyl sites for hydroxylation is 1. The molecule has 1 fully saturated rings. The molecule has 0 aromatic heterocycles. The second-order valence-electron chi connectivity index (χ2n) is 5.86. The molecular formula is C16H23NO2. The van der Waals surface area contributed by atoms with Crippen LogP contribution in [0.2, 0.25) is 0 Å². The summed E-state index contributed by atoms with van der Waals surface area (Å²) in [5.74, 6) is 1.01. The highest BCUT2D eigenvalue weighted by Crippen LogP contribution is 2.32. The monoisotopic (exact) mass is 261 g/mol. The van der Waals surface area contributed by atoms with Gasteiger partial charge in [0.2, 0.25) is 0 Å². The third-order valence-corrected chi connectivity index (χ3v) is 4.60. The molecule has 3 unspecified atom stereocenters. The van der Waals surface area contributed by atoms with Crippen LogP contribution in [0.5, 0.6) is 5.75 Å². The van der Waals surface area contributed by atoms with Gasteiger partial charge in [-0.3, -0.25) is 0 Å². The third kappa shape index (κ3) is 2.77. The Morgan fingerprint density at radius 1 is 1.37 bits per heavy atom. The predicted molar refractivity (Wildman–Crippen MR) is 75.3 cm³/mol. The molecule has 1 saturated heterocycles. The van der Waals surface area contributed by atoms with E-state index >= 15 is 0 Å². The summed E-state index contributed by atoms with van der Waals surface area (Å²) in [7, 11) is 0. The average molecular weight is 261 g/mol. The Morgan fingerprint density at radius 2 is 2.26 bits per heavy atom. The number of phenols is 1. The molecule has 104 valence electrons. The van der Waals surface area contributed by atoms with Gasteiger partial charge in [-0.2, -0.15) is 0 Å². The van der Waals surface area contributed by atoms with Gasteiger partial charge in [0.15, 0.2) is 0 Å². The molecule has 0 bridgehead atoms. The van der Waals surface area contributed by atoms with E-state index in [-0.39, 0.29) is 0 Å². The summed E-state index contributed by atoms with van der Waals surface area (Å²) in [6.45, 7) is 4.08. The zero-order chi connectivity index (χ0) is 13.2. The van der Waals surface area contributed by atoms with Crippen molar-refractivity contribution >= 4 is 0 Å². The summed E-state index contributed by atoms with van der Waals surface area (Å²) in [4.78, 5) is 0. The zero-order valence-corrected chi connectivity index (χ0v) is 11.6. The van der Waals surface area contributed by atoms with Crippen molar-refractivity contribution in [2.24, 2.45) is 5.92 Å². The minimum Gasteiger partial charge on any atom is -0.508 e. The van der Waals surface area contributed by atoms with Crippen LogP contribution in [0.25, 0.3) is 0 Å². The molecule has 0 amide bonds. The Hall–Kier alpha value is -1.06. The van der Waals surface area contributed by atoms with Gasteiger partial charge in [-0.25, -0.2) is 0 Å². The van der Waals surface area contributed by atoms with Crippen LogP contribution in [-0.2, 0) is 11.2 Å². The van der Waals surface area contributed by atoms with Crippen molar-refractivity contribution in [2.45, 2.75) is 44.8 Å². The number of ether oxygens (including phenoxy) is 1. The molecule has 1 aromatic rings. The van der Waals surface area contributed by atoms with Crippen molar-refractivity contribution in [1.29, 1.82) is 0 Å². The number of nitrogens with one attached hydrogen (secondary N) is 1. The van der Waals surface area contributed by atoms with Crippen molar-refractivity contribution in [3.63, 3.8) is 0 Å². The Balaban J connectivity index is 1.67. The van der Waals surface area contributed by atoms with Crippen LogP contribution in [0.3, 0.4) is 0 Å². The minimum atomic E-state index is 0.375. The first-order chi connectivity index (χ1) is 9.24. The lowest BCUT2D eigenvalue weighted by molar-refractivity contribution is 0.104. The Morgan fingerprint density at radius 3 is 3.05 bits per heavy atom. The van der Waals surface area contributed by atoms with E-state index in [1.54, 1.807) is 6.07 Å². The Kier molecular flexibility index (Phi) is 3.76. The van der Waals surface area contributed by atoms with Crippen LogP contribution in [0.4, 0.5) is 0 Å². The van der Waals surface area contributed by atoms with Gasteiger partial charge in [-0.1, -0.05) is 6.07 Å². The maximum atomic E-state index is 9.68. The second kappa shape index (κ2) is 5.51. The van der Waals surface area contributed by atoms with Gasteiger partial charge in [0, 0.05) is 19.2 Å². The molecule has 0 spiro atoms. The first-order valence-electron chi connectivity index (χ1n) is 7.41. The lowest BCUT2D eigenvalue weighted by Crippen LogP contribution is -2.32. The largest absolute Gasteiger partial charge is 0.508 e. The van der Waals surface area contributed by atoms with E-state index in [0.717, 1.165) is 26.0 Å². The Bertz CT molecular complexity index is 446. The fraction of sp³-hybridized carbons (Fsp3) is 0.625. The summed E-state index contributed by atoms with van der Waals surface area (Å²) >= 11 is 0. The highest BCUT2D eigenvalue weighted by atomic mass is 16.5. The highest BCUT2D eigenvalue weighted by Gasteiger charge is 2.26. The van der Waals surface area contributed by atoms with E-state index < -0.39 is 0 Å². The van der Waals surface area contributed by atoms with Crippen LogP contribution in [0.15, 0.2) is 18.2 Å². The van der Waals surface area contributed by atoms with Gasteiger partial charge >= 0.3 is 0 Å². The lowest BCUT2D eigenvalue weighted by atomic mass is 9.87. The lowest BCUT2D eigenvalue weighted by Gasteiger charge is -2.28. The fourth-order valence-electron chi connectivity index (χ4n) is 3.34. The molecule has 2 aliphatic rings. The predicted octanol–water partition coefficient (Wildman–Crippen LogP) is 2.78. The highest BCUT2D eigenvalue weighted by molar-refractivity contribution is 5.38. The number of hydrogen-bond acceptors (Lipinski definition) is 3. The number of benzene rings is 1. The average Bonchev–Trinajstić information content (AvgIpc) is 2.82. The van der Waals surface area contributed by atoms with Crippen molar-refractivity contribution in [1.82, 2.24) is 5.32 Å². The van der Waals surface area contributed by atoms with Gasteiger partial charge in [0.25, 0.3) is 0 Å². The van der Waals surface area contributed by atoms with Gasteiger partial charge in [-0.05, 0) is 61.8 Å². The minimum absolute atomic E-state index is 0.375. The number of phenolic OH excluding ortho intramolecular Hbond substituents is 1. The van der Waals surface area contributed by atoms with Crippen LogP contribution in [-0.4, -0.2) is 24.4 Å². The summed E-state index contributed by atoms with van der Waals surface area (Å²) in [6, 6.07) is 6.19. The molecule has 0 saturated carbocycles. The molecule has 19 heavy (non-hydrogen) atoms. The first kappa shape index (κ1) is 12.9. The summed E-state index contributed by atoms with van der Waals surface area (Å²) in [5, 5.41) is 13.4. The topological polar surface area (TPSA) is 41.5 Å². The molecule has 1 aliphatic carbocycles. The van der Waals surface area contributed by atoms with Gasteiger partial charge in [-0.15, -0.1) is 0 Å². The summed E-state index contributed by atoms with van der Waals surface area (Å²) in [5.41, 5.74) is 2.68. The molecule has 2 N–H and O–H groups in total. The molecule has 1 aliphatic heterocycles. The molecule has 1 heterocycles. The van der Waals surface area contributed by atoms with E-state index in [1.165, 1.54) is 24.0 Å². The fourth-order valence-corrected chi connectivity index (χ4v) is 3.34. The van der Waals surface area contributed by atoms with Gasteiger partial charge in [0.05, 0.1) is 6.10 Å². The van der Waals surface area contributed by atoms with Crippen LogP contribution in [0.1, 0.15) is 43.4 Å². The number of rotatable bonds is 3. The Labute approximate surface area is 115 Å².